The molecule has 2 aromatic carbocycles. The highest BCUT2D eigenvalue weighted by Crippen LogP contribution is 2.41. The molecule has 4 rings (SSSR count). The predicted octanol–water partition coefficient (Wildman–Crippen LogP) is 5.40. The maximum Gasteiger partial charge on any atom is 0.420 e. The lowest BCUT2D eigenvalue weighted by atomic mass is 10.0. The molecule has 12 heteroatoms. The van der Waals surface area contributed by atoms with Crippen molar-refractivity contribution in [3.63, 3.8) is 0 Å². The van der Waals surface area contributed by atoms with Gasteiger partial charge in [0.25, 0.3) is 5.91 Å². The number of nitrogens with zero attached hydrogens (tertiary/aromatic N) is 6. The van der Waals surface area contributed by atoms with Crippen LogP contribution < -0.4 is 10.1 Å². The first-order valence-electron chi connectivity index (χ1n) is 12.6. The number of aryl methyl sites for hydroxylation is 2. The summed E-state index contributed by atoms with van der Waals surface area (Å²) in [6, 6.07) is 7.48. The first-order valence-corrected chi connectivity index (χ1v) is 12.6. The summed E-state index contributed by atoms with van der Waals surface area (Å²) in [4.78, 5) is 15.1. The molecule has 0 radical (unpaired) electrons. The molecule has 0 aliphatic heterocycles. The number of hydrogen-bond acceptors (Lipinski definition) is 6. The maximum atomic E-state index is 14.0. The normalized spacial score (nSPS) is 11.9. The SMILES string of the molecule is COc1c(CN(C)C(C)C)cc(NC(=O)c2ccc(C)c(-n3cc(-c4cnn(C)c4C)nn3)c2)cc1C(F)(F)F. The zero-order valence-electron chi connectivity index (χ0n) is 23.5. The van der Waals surface area contributed by atoms with E-state index in [0.717, 1.165) is 22.9 Å². The van der Waals surface area contributed by atoms with Crippen LogP contribution in [-0.4, -0.2) is 55.8 Å². The lowest BCUT2D eigenvalue weighted by molar-refractivity contribution is -0.138. The average Bonchev–Trinajstić information content (AvgIpc) is 3.50. The number of anilines is 1. The topological polar surface area (TPSA) is 90.1 Å². The van der Waals surface area contributed by atoms with Gasteiger partial charge in [-0.25, -0.2) is 4.68 Å². The van der Waals surface area contributed by atoms with Crippen molar-refractivity contribution in [1.82, 2.24) is 29.7 Å². The van der Waals surface area contributed by atoms with Crippen LogP contribution in [0.3, 0.4) is 0 Å². The minimum atomic E-state index is -4.67. The van der Waals surface area contributed by atoms with Crippen LogP contribution in [0.1, 0.15) is 46.6 Å². The van der Waals surface area contributed by atoms with E-state index in [-0.39, 0.29) is 29.6 Å². The summed E-state index contributed by atoms with van der Waals surface area (Å²) in [5.74, 6) is -0.826. The van der Waals surface area contributed by atoms with Crippen molar-refractivity contribution in [2.75, 3.05) is 19.5 Å². The monoisotopic (exact) mass is 555 g/mol. The Hall–Kier alpha value is -4.19. The van der Waals surface area contributed by atoms with Crippen LogP contribution in [0, 0.1) is 13.8 Å². The highest BCUT2D eigenvalue weighted by molar-refractivity contribution is 6.04. The smallest absolute Gasteiger partial charge is 0.420 e. The molecule has 2 aromatic heterocycles. The molecule has 0 aliphatic carbocycles. The van der Waals surface area contributed by atoms with Gasteiger partial charge in [-0.05, 0) is 64.6 Å². The van der Waals surface area contributed by atoms with Gasteiger partial charge in [0.05, 0.1) is 30.8 Å². The van der Waals surface area contributed by atoms with Gasteiger partial charge in [-0.15, -0.1) is 5.10 Å². The van der Waals surface area contributed by atoms with Gasteiger partial charge in [-0.2, -0.15) is 18.3 Å². The van der Waals surface area contributed by atoms with E-state index in [4.69, 9.17) is 4.74 Å². The number of amides is 1. The molecule has 9 nitrogen and oxygen atoms in total. The van der Waals surface area contributed by atoms with Crippen molar-refractivity contribution >= 4 is 11.6 Å². The molecule has 0 saturated carbocycles. The maximum absolute atomic E-state index is 14.0. The number of methoxy groups -OCH3 is 1. The molecule has 0 saturated heterocycles. The Bertz CT molecular complexity index is 1540. The number of benzene rings is 2. The fraction of sp³-hybridized carbons (Fsp3) is 0.357. The van der Waals surface area contributed by atoms with Crippen molar-refractivity contribution in [2.45, 2.75) is 46.5 Å². The number of aromatic nitrogens is 5. The van der Waals surface area contributed by atoms with E-state index in [1.807, 2.05) is 46.7 Å². The number of alkyl halides is 3. The Morgan fingerprint density at radius 2 is 1.90 bits per heavy atom. The molecule has 1 amide bonds. The molecule has 40 heavy (non-hydrogen) atoms. The zero-order valence-corrected chi connectivity index (χ0v) is 23.5. The first kappa shape index (κ1) is 28.8. The lowest BCUT2D eigenvalue weighted by Gasteiger charge is -2.24. The van der Waals surface area contributed by atoms with Gasteiger partial charge in [0.15, 0.2) is 0 Å². The van der Waals surface area contributed by atoms with Crippen molar-refractivity contribution in [1.29, 1.82) is 0 Å². The second-order valence-corrected chi connectivity index (χ2v) is 9.99. The summed E-state index contributed by atoms with van der Waals surface area (Å²) in [5.41, 5.74) is 3.45. The van der Waals surface area contributed by atoms with E-state index in [1.54, 1.807) is 40.0 Å². The van der Waals surface area contributed by atoms with Gasteiger partial charge >= 0.3 is 6.18 Å². The fourth-order valence-corrected chi connectivity index (χ4v) is 4.24. The van der Waals surface area contributed by atoms with Gasteiger partial charge in [0.1, 0.15) is 11.4 Å². The van der Waals surface area contributed by atoms with Gasteiger partial charge in [-0.1, -0.05) is 11.3 Å². The van der Waals surface area contributed by atoms with Crippen molar-refractivity contribution in [2.24, 2.45) is 7.05 Å². The summed E-state index contributed by atoms with van der Waals surface area (Å²) in [5, 5.41) is 15.3. The largest absolute Gasteiger partial charge is 0.496 e. The van der Waals surface area contributed by atoms with Crippen LogP contribution in [-0.2, 0) is 19.8 Å². The average molecular weight is 556 g/mol. The first-order chi connectivity index (χ1) is 18.8. The summed E-state index contributed by atoms with van der Waals surface area (Å²) in [6.45, 7) is 7.87. The molecule has 0 spiro atoms. The summed E-state index contributed by atoms with van der Waals surface area (Å²) >= 11 is 0. The second kappa shape index (κ2) is 11.1. The number of carbonyl (C=O) groups is 1. The zero-order chi connectivity index (χ0) is 29.4. The van der Waals surface area contributed by atoms with E-state index in [9.17, 15) is 18.0 Å². The van der Waals surface area contributed by atoms with Crippen molar-refractivity contribution in [3.05, 3.63) is 70.7 Å². The van der Waals surface area contributed by atoms with Crippen LogP contribution in [0.5, 0.6) is 5.75 Å². The van der Waals surface area contributed by atoms with Gasteiger partial charge in [0.2, 0.25) is 0 Å². The van der Waals surface area contributed by atoms with Crippen LogP contribution in [0.15, 0.2) is 42.7 Å². The molecule has 0 unspecified atom stereocenters. The predicted molar refractivity (Wildman–Crippen MR) is 146 cm³/mol. The Kier molecular flexibility index (Phi) is 8.01. The molecule has 212 valence electrons. The van der Waals surface area contributed by atoms with Gasteiger partial charge in [0, 0.05) is 47.7 Å². The fourth-order valence-electron chi connectivity index (χ4n) is 4.24. The highest BCUT2D eigenvalue weighted by atomic mass is 19.4. The Morgan fingerprint density at radius 1 is 1.18 bits per heavy atom. The van der Waals surface area contributed by atoms with E-state index in [2.05, 4.69) is 20.7 Å². The third-order valence-corrected chi connectivity index (χ3v) is 6.96. The number of rotatable bonds is 8. The molecule has 0 aliphatic rings. The Labute approximate surface area is 230 Å². The summed E-state index contributed by atoms with van der Waals surface area (Å²) in [6.07, 6.45) is -1.23. The number of hydrogen-bond donors (Lipinski definition) is 1. The summed E-state index contributed by atoms with van der Waals surface area (Å²) in [7, 11) is 4.85. The summed E-state index contributed by atoms with van der Waals surface area (Å²) < 4.78 is 50.3. The molecular weight excluding hydrogens is 523 g/mol. The number of ether oxygens (including phenoxy) is 1. The Morgan fingerprint density at radius 3 is 2.50 bits per heavy atom. The minimum Gasteiger partial charge on any atom is -0.496 e. The lowest BCUT2D eigenvalue weighted by Crippen LogP contribution is -2.26. The van der Waals surface area contributed by atoms with Gasteiger partial charge < -0.3 is 10.1 Å². The van der Waals surface area contributed by atoms with Gasteiger partial charge in [-0.3, -0.25) is 14.4 Å². The standard InChI is InChI=1S/C28H32F3N7O2/c1-16(2)36(5)14-20-10-21(12-23(26(20)40-7)28(29,30)31)33-27(39)19-9-8-17(3)25(11-19)38-15-24(34-35-38)22-13-32-37(6)18(22)4/h8-13,15-16H,14H2,1-7H3,(H,33,39). The van der Waals surface area contributed by atoms with E-state index in [1.165, 1.54) is 13.2 Å². The molecule has 0 bridgehead atoms. The van der Waals surface area contributed by atoms with E-state index >= 15 is 0 Å². The third-order valence-electron chi connectivity index (χ3n) is 6.96. The van der Waals surface area contributed by atoms with E-state index < -0.39 is 17.6 Å². The molecule has 4 aromatic rings. The van der Waals surface area contributed by atoms with Crippen molar-refractivity contribution in [3.8, 4) is 22.7 Å². The quantitative estimate of drug-likeness (QED) is 0.313. The number of carbonyl (C=O) groups excluding carboxylic acids is 1. The Balaban J connectivity index is 1.67. The van der Waals surface area contributed by atoms with Crippen LogP contribution in [0.25, 0.3) is 16.9 Å². The van der Waals surface area contributed by atoms with Crippen LogP contribution >= 0.6 is 0 Å². The second-order valence-electron chi connectivity index (χ2n) is 9.99. The third kappa shape index (κ3) is 5.86. The molecule has 2 heterocycles. The van der Waals surface area contributed by atoms with Crippen LogP contribution in [0.2, 0.25) is 0 Å². The molecule has 1 N–H and O–H groups in total. The minimum absolute atomic E-state index is 0.0162. The van der Waals surface area contributed by atoms with Crippen LogP contribution in [0.4, 0.5) is 18.9 Å². The molecule has 0 fully saturated rings. The van der Waals surface area contributed by atoms with E-state index in [0.29, 0.717) is 16.9 Å². The molecular formula is C28H32F3N7O2. The van der Waals surface area contributed by atoms with Crippen molar-refractivity contribution < 1.29 is 22.7 Å². The number of halogens is 3. The number of nitrogens with one attached hydrogen (secondary N) is 1. The molecule has 0 atom stereocenters. The highest BCUT2D eigenvalue weighted by Gasteiger charge is 2.36.